The molecule has 0 saturated carbocycles. The van der Waals surface area contributed by atoms with Crippen LogP contribution in [0.3, 0.4) is 0 Å². The molecule has 0 bridgehead atoms. The van der Waals surface area contributed by atoms with Crippen molar-refractivity contribution in [3.8, 4) is 0 Å². The summed E-state index contributed by atoms with van der Waals surface area (Å²) in [6, 6.07) is 7.48. The summed E-state index contributed by atoms with van der Waals surface area (Å²) >= 11 is 2.18. The van der Waals surface area contributed by atoms with Crippen molar-refractivity contribution in [3.63, 3.8) is 0 Å². The molecule has 90 valence electrons. The summed E-state index contributed by atoms with van der Waals surface area (Å²) < 4.78 is 1.03. The van der Waals surface area contributed by atoms with Gasteiger partial charge < -0.3 is 10.6 Å². The van der Waals surface area contributed by atoms with Crippen molar-refractivity contribution < 1.29 is 9.59 Å². The molecule has 0 aliphatic carbocycles. The third kappa shape index (κ3) is 3.42. The third-order valence-corrected chi connectivity index (χ3v) is 3.36. The maximum Gasteiger partial charge on any atom is 0.251 e. The van der Waals surface area contributed by atoms with Crippen LogP contribution in [0.15, 0.2) is 24.3 Å². The first kappa shape index (κ1) is 12.3. The molecule has 1 unspecified atom stereocenters. The van der Waals surface area contributed by atoms with Gasteiger partial charge in [-0.25, -0.2) is 0 Å². The maximum atomic E-state index is 11.9. The Morgan fingerprint density at radius 1 is 1.47 bits per heavy atom. The van der Waals surface area contributed by atoms with Crippen LogP contribution in [0, 0.1) is 3.57 Å². The smallest absolute Gasteiger partial charge is 0.251 e. The molecule has 2 N–H and O–H groups in total. The van der Waals surface area contributed by atoms with E-state index in [0.717, 1.165) is 3.57 Å². The largest absolute Gasteiger partial charge is 0.354 e. The number of halogens is 1. The summed E-state index contributed by atoms with van der Waals surface area (Å²) in [5.74, 6) is -0.0191. The van der Waals surface area contributed by atoms with Crippen molar-refractivity contribution in [1.82, 2.24) is 10.6 Å². The lowest BCUT2D eigenvalue weighted by molar-refractivity contribution is -0.122. The van der Waals surface area contributed by atoms with E-state index in [1.165, 1.54) is 0 Å². The number of nitrogens with one attached hydrogen (secondary N) is 2. The highest BCUT2D eigenvalue weighted by Crippen LogP contribution is 2.09. The molecule has 0 radical (unpaired) electrons. The Bertz CT molecular complexity index is 438. The van der Waals surface area contributed by atoms with Crippen LogP contribution in [0.4, 0.5) is 0 Å². The fraction of sp³-hybridized carbons (Fsp3) is 0.333. The lowest BCUT2D eigenvalue weighted by Crippen LogP contribution is -2.47. The van der Waals surface area contributed by atoms with Gasteiger partial charge in [0.25, 0.3) is 5.91 Å². The van der Waals surface area contributed by atoms with E-state index < -0.39 is 0 Å². The second-order valence-corrected chi connectivity index (χ2v) is 5.27. The van der Waals surface area contributed by atoms with Gasteiger partial charge in [-0.1, -0.05) is 6.07 Å². The Morgan fingerprint density at radius 3 is 2.94 bits per heavy atom. The van der Waals surface area contributed by atoms with E-state index in [1.807, 2.05) is 18.2 Å². The normalized spacial score (nSPS) is 19.6. The maximum absolute atomic E-state index is 11.9. The monoisotopic (exact) mass is 344 g/mol. The van der Waals surface area contributed by atoms with Crippen LogP contribution in [0.25, 0.3) is 0 Å². The number of piperidine rings is 1. The van der Waals surface area contributed by atoms with Crippen molar-refractivity contribution in [1.29, 1.82) is 0 Å². The standard InChI is InChI=1S/C12H13IN2O2/c13-9-3-1-2-8(6-9)12(17)15-10-4-5-11(16)14-7-10/h1-3,6,10H,4-5,7H2,(H,14,16)(H,15,17). The topological polar surface area (TPSA) is 58.2 Å². The Hall–Kier alpha value is -1.11. The van der Waals surface area contributed by atoms with Crippen molar-refractivity contribution in [3.05, 3.63) is 33.4 Å². The molecular formula is C12H13IN2O2. The van der Waals surface area contributed by atoms with Gasteiger partial charge in [0.1, 0.15) is 0 Å². The molecule has 1 aliphatic rings. The number of amides is 2. The Labute approximate surface area is 113 Å². The summed E-state index contributed by atoms with van der Waals surface area (Å²) in [6.07, 6.45) is 1.19. The molecule has 1 aromatic rings. The van der Waals surface area contributed by atoms with Gasteiger partial charge in [0.05, 0.1) is 0 Å². The molecule has 0 spiro atoms. The molecule has 1 atom stereocenters. The molecule has 1 aromatic carbocycles. The molecule has 1 saturated heterocycles. The van der Waals surface area contributed by atoms with Crippen molar-refractivity contribution in [2.75, 3.05) is 6.54 Å². The minimum atomic E-state index is -0.0790. The fourth-order valence-electron chi connectivity index (χ4n) is 1.75. The molecular weight excluding hydrogens is 331 g/mol. The number of hydrogen-bond acceptors (Lipinski definition) is 2. The lowest BCUT2D eigenvalue weighted by atomic mass is 10.1. The second-order valence-electron chi connectivity index (χ2n) is 4.02. The summed E-state index contributed by atoms with van der Waals surface area (Å²) in [7, 11) is 0. The van der Waals surface area contributed by atoms with Crippen molar-refractivity contribution >= 4 is 34.4 Å². The summed E-state index contributed by atoms with van der Waals surface area (Å²) in [5, 5.41) is 5.67. The zero-order valence-corrected chi connectivity index (χ0v) is 11.4. The number of benzene rings is 1. The number of rotatable bonds is 2. The summed E-state index contributed by atoms with van der Waals surface area (Å²) in [6.45, 7) is 0.522. The molecule has 4 nitrogen and oxygen atoms in total. The molecule has 5 heteroatoms. The number of carbonyl (C=O) groups is 2. The van der Waals surface area contributed by atoms with Gasteiger partial charge in [-0.15, -0.1) is 0 Å². The highest BCUT2D eigenvalue weighted by Gasteiger charge is 2.19. The molecule has 1 fully saturated rings. The van der Waals surface area contributed by atoms with Crippen LogP contribution in [0.1, 0.15) is 23.2 Å². The predicted molar refractivity (Wildman–Crippen MR) is 72.7 cm³/mol. The van der Waals surface area contributed by atoms with E-state index in [4.69, 9.17) is 0 Å². The molecule has 17 heavy (non-hydrogen) atoms. The van der Waals surface area contributed by atoms with E-state index in [9.17, 15) is 9.59 Å². The average molecular weight is 344 g/mol. The van der Waals surface area contributed by atoms with Crippen molar-refractivity contribution in [2.45, 2.75) is 18.9 Å². The van der Waals surface area contributed by atoms with Crippen LogP contribution in [0.5, 0.6) is 0 Å². The molecule has 0 aromatic heterocycles. The van der Waals surface area contributed by atoms with Crippen LogP contribution < -0.4 is 10.6 Å². The zero-order valence-electron chi connectivity index (χ0n) is 9.20. The first-order chi connectivity index (χ1) is 8.15. The van der Waals surface area contributed by atoms with E-state index >= 15 is 0 Å². The van der Waals surface area contributed by atoms with E-state index in [1.54, 1.807) is 6.07 Å². The fourth-order valence-corrected chi connectivity index (χ4v) is 2.30. The quantitative estimate of drug-likeness (QED) is 0.795. The van der Waals surface area contributed by atoms with Crippen LogP contribution >= 0.6 is 22.6 Å². The van der Waals surface area contributed by atoms with Gasteiger partial charge in [0.15, 0.2) is 0 Å². The average Bonchev–Trinajstić information content (AvgIpc) is 2.32. The van der Waals surface area contributed by atoms with Crippen LogP contribution in [0.2, 0.25) is 0 Å². The van der Waals surface area contributed by atoms with E-state index in [0.29, 0.717) is 24.9 Å². The first-order valence-corrected chi connectivity index (χ1v) is 6.56. The van der Waals surface area contributed by atoms with Gasteiger partial charge >= 0.3 is 0 Å². The predicted octanol–water partition coefficient (Wildman–Crippen LogP) is 1.30. The Kier molecular flexibility index (Phi) is 3.98. The lowest BCUT2D eigenvalue weighted by Gasteiger charge is -2.23. The Morgan fingerprint density at radius 2 is 2.29 bits per heavy atom. The molecule has 1 aliphatic heterocycles. The molecule has 2 amide bonds. The van der Waals surface area contributed by atoms with Crippen LogP contribution in [-0.2, 0) is 4.79 Å². The number of carbonyl (C=O) groups excluding carboxylic acids is 2. The molecule has 1 heterocycles. The number of hydrogen-bond donors (Lipinski definition) is 2. The van der Waals surface area contributed by atoms with Crippen LogP contribution in [-0.4, -0.2) is 24.4 Å². The SMILES string of the molecule is O=C1CCC(NC(=O)c2cccc(I)c2)CN1. The second kappa shape index (κ2) is 5.48. The highest BCUT2D eigenvalue weighted by molar-refractivity contribution is 14.1. The third-order valence-electron chi connectivity index (χ3n) is 2.69. The highest BCUT2D eigenvalue weighted by atomic mass is 127. The van der Waals surface area contributed by atoms with E-state index in [2.05, 4.69) is 33.2 Å². The summed E-state index contributed by atoms with van der Waals surface area (Å²) in [5.41, 5.74) is 0.661. The van der Waals surface area contributed by atoms with Gasteiger partial charge in [-0.2, -0.15) is 0 Å². The van der Waals surface area contributed by atoms with Gasteiger partial charge in [-0.3, -0.25) is 9.59 Å². The van der Waals surface area contributed by atoms with Crippen molar-refractivity contribution in [2.24, 2.45) is 0 Å². The van der Waals surface area contributed by atoms with Gasteiger partial charge in [-0.05, 0) is 47.2 Å². The zero-order chi connectivity index (χ0) is 12.3. The first-order valence-electron chi connectivity index (χ1n) is 5.48. The minimum Gasteiger partial charge on any atom is -0.354 e. The van der Waals surface area contributed by atoms with Gasteiger partial charge in [0, 0.05) is 28.1 Å². The van der Waals surface area contributed by atoms with Gasteiger partial charge in [0.2, 0.25) is 5.91 Å². The summed E-state index contributed by atoms with van der Waals surface area (Å²) in [4.78, 5) is 22.9. The Balaban J connectivity index is 1.95. The van der Waals surface area contributed by atoms with E-state index in [-0.39, 0.29) is 17.9 Å². The molecule has 2 rings (SSSR count). The minimum absolute atomic E-state index is 0.0399.